The van der Waals surface area contributed by atoms with Gasteiger partial charge in [0.1, 0.15) is 0 Å². The second kappa shape index (κ2) is 9.73. The van der Waals surface area contributed by atoms with Gasteiger partial charge in [0, 0.05) is 31.1 Å². The quantitative estimate of drug-likeness (QED) is 0.363. The van der Waals surface area contributed by atoms with Crippen LogP contribution >= 0.6 is 22.6 Å². The molecule has 27 heavy (non-hydrogen) atoms. The second-order valence-corrected chi connectivity index (χ2v) is 7.50. The van der Waals surface area contributed by atoms with Crippen molar-refractivity contribution in [3.63, 3.8) is 0 Å². The maximum atomic E-state index is 12.8. The smallest absolute Gasteiger partial charge is 0.255 e. The van der Waals surface area contributed by atoms with Crippen molar-refractivity contribution >= 4 is 39.9 Å². The van der Waals surface area contributed by atoms with Crippen LogP contribution in [0.5, 0.6) is 5.88 Å². The molecule has 2 heterocycles. The topological polar surface area (TPSA) is 54.5 Å². The molecule has 142 valence electrons. The van der Waals surface area contributed by atoms with Gasteiger partial charge in [-0.25, -0.2) is 4.98 Å². The summed E-state index contributed by atoms with van der Waals surface area (Å²) < 4.78 is 6.78. The predicted molar refractivity (Wildman–Crippen MR) is 119 cm³/mol. The number of fused-ring (bicyclic) bond motifs is 1. The predicted octanol–water partition coefficient (Wildman–Crippen LogP) is 4.22. The van der Waals surface area contributed by atoms with Crippen molar-refractivity contribution in [3.8, 4) is 5.88 Å². The van der Waals surface area contributed by atoms with Crippen LogP contribution in [0, 0.1) is 0 Å². The van der Waals surface area contributed by atoms with Crippen LogP contribution < -0.4 is 15.0 Å². The van der Waals surface area contributed by atoms with Gasteiger partial charge in [-0.3, -0.25) is 4.79 Å². The van der Waals surface area contributed by atoms with Crippen molar-refractivity contribution in [3.05, 3.63) is 59.9 Å². The first-order valence-electron chi connectivity index (χ1n) is 9.15. The van der Waals surface area contributed by atoms with E-state index in [1.165, 1.54) is 6.42 Å². The number of hydrogen-bond acceptors (Lipinski definition) is 4. The standard InChI is InChI=1S/C21H24IN3O2/c1-25(13-8-7-12-22)19-17-11-14-27-21(17)23-15-18(19)24-20(26)16-9-5-3-2-4-6-10-16/h2-6,9-10,15H,7-8,11-14H2,1H3,(H,24,26). The van der Waals surface area contributed by atoms with E-state index >= 15 is 0 Å². The van der Waals surface area contributed by atoms with Crippen molar-refractivity contribution in [2.75, 3.05) is 34.8 Å². The lowest BCUT2D eigenvalue weighted by Crippen LogP contribution is -2.23. The number of ether oxygens (including phenoxy) is 1. The van der Waals surface area contributed by atoms with E-state index in [4.69, 9.17) is 4.74 Å². The zero-order valence-corrected chi connectivity index (χ0v) is 17.6. The number of alkyl halides is 1. The number of pyridine rings is 1. The van der Waals surface area contributed by atoms with E-state index in [9.17, 15) is 4.79 Å². The highest BCUT2D eigenvalue weighted by Crippen LogP contribution is 2.38. The molecule has 0 unspecified atom stereocenters. The number of carbonyl (C=O) groups is 1. The van der Waals surface area contributed by atoms with Crippen molar-refractivity contribution < 1.29 is 9.53 Å². The van der Waals surface area contributed by atoms with Gasteiger partial charge in [-0.15, -0.1) is 0 Å². The molecule has 6 heteroatoms. The molecule has 1 aromatic rings. The highest BCUT2D eigenvalue weighted by Gasteiger charge is 2.24. The number of unbranched alkanes of at least 4 members (excludes halogenated alkanes) is 1. The Morgan fingerprint density at radius 1 is 1.26 bits per heavy atom. The summed E-state index contributed by atoms with van der Waals surface area (Å²) in [7, 11) is 2.07. The van der Waals surface area contributed by atoms with E-state index in [2.05, 4.69) is 44.8 Å². The largest absolute Gasteiger partial charge is 0.477 e. The Morgan fingerprint density at radius 2 is 2.07 bits per heavy atom. The zero-order valence-electron chi connectivity index (χ0n) is 15.5. The Hall–Kier alpha value is -2.09. The molecular weight excluding hydrogens is 453 g/mol. The van der Waals surface area contributed by atoms with Crippen molar-refractivity contribution in [1.29, 1.82) is 0 Å². The number of nitrogens with zero attached hydrogens (tertiary/aromatic N) is 2. The molecule has 0 aromatic carbocycles. The number of amides is 1. The summed E-state index contributed by atoms with van der Waals surface area (Å²) in [5.41, 5.74) is 3.43. The summed E-state index contributed by atoms with van der Waals surface area (Å²) in [6.07, 6.45) is 17.9. The number of allylic oxidation sites excluding steroid dienone is 6. The van der Waals surface area contributed by atoms with Crippen LogP contribution in [0.15, 0.2) is 54.3 Å². The number of hydrogen-bond donors (Lipinski definition) is 1. The van der Waals surface area contributed by atoms with Gasteiger partial charge in [-0.1, -0.05) is 53.0 Å². The van der Waals surface area contributed by atoms with Gasteiger partial charge in [0.25, 0.3) is 5.91 Å². The minimum Gasteiger partial charge on any atom is -0.477 e. The summed E-state index contributed by atoms with van der Waals surface area (Å²) in [6.45, 7) is 1.57. The molecule has 0 radical (unpaired) electrons. The average Bonchev–Trinajstić information content (AvgIpc) is 3.09. The van der Waals surface area contributed by atoms with Crippen LogP contribution in [0.25, 0.3) is 0 Å². The number of rotatable bonds is 7. The van der Waals surface area contributed by atoms with E-state index in [1.54, 1.807) is 6.20 Å². The van der Waals surface area contributed by atoms with Crippen LogP contribution in [0.2, 0.25) is 0 Å². The lowest BCUT2D eigenvalue weighted by Gasteiger charge is -2.24. The van der Waals surface area contributed by atoms with Gasteiger partial charge in [-0.05, 0) is 29.4 Å². The maximum Gasteiger partial charge on any atom is 0.255 e. The van der Waals surface area contributed by atoms with E-state index < -0.39 is 0 Å². The normalized spacial score (nSPS) is 14.8. The molecule has 5 nitrogen and oxygen atoms in total. The molecule has 2 aliphatic rings. The first-order chi connectivity index (χ1) is 13.2. The summed E-state index contributed by atoms with van der Waals surface area (Å²) in [4.78, 5) is 19.4. The van der Waals surface area contributed by atoms with Gasteiger partial charge >= 0.3 is 0 Å². The molecular formula is C21H24IN3O2. The Balaban J connectivity index is 1.85. The first-order valence-corrected chi connectivity index (χ1v) is 10.7. The SMILES string of the molecule is CN(CCCCI)c1c(NC(=O)C2=CC=CC=CC=C2)cnc2c1CCO2. The molecule has 0 atom stereocenters. The van der Waals surface area contributed by atoms with Gasteiger partial charge < -0.3 is 15.0 Å². The fourth-order valence-electron chi connectivity index (χ4n) is 3.12. The number of halogens is 1. The van der Waals surface area contributed by atoms with Gasteiger partial charge in [0.15, 0.2) is 0 Å². The number of nitrogens with one attached hydrogen (secondary N) is 1. The third-order valence-corrected chi connectivity index (χ3v) is 5.23. The van der Waals surface area contributed by atoms with Crippen LogP contribution in [-0.2, 0) is 11.2 Å². The maximum absolute atomic E-state index is 12.8. The van der Waals surface area contributed by atoms with Gasteiger partial charge in [0.05, 0.1) is 24.2 Å². The second-order valence-electron chi connectivity index (χ2n) is 6.43. The number of carbonyl (C=O) groups excluding carboxylic acids is 1. The third kappa shape index (κ3) is 5.00. The highest BCUT2D eigenvalue weighted by atomic mass is 127. The molecule has 0 fully saturated rings. The zero-order chi connectivity index (χ0) is 19.1. The fourth-order valence-corrected chi connectivity index (χ4v) is 3.66. The molecule has 1 aromatic heterocycles. The van der Waals surface area contributed by atoms with Crippen LogP contribution in [0.3, 0.4) is 0 Å². The number of aromatic nitrogens is 1. The monoisotopic (exact) mass is 477 g/mol. The molecule has 1 amide bonds. The van der Waals surface area contributed by atoms with E-state index in [-0.39, 0.29) is 5.91 Å². The number of anilines is 2. The molecule has 0 saturated heterocycles. The molecule has 0 saturated carbocycles. The van der Waals surface area contributed by atoms with Crippen LogP contribution in [0.4, 0.5) is 11.4 Å². The summed E-state index contributed by atoms with van der Waals surface area (Å²) in [6, 6.07) is 0. The Bertz CT molecular complexity index is 812. The molecule has 0 spiro atoms. The lowest BCUT2D eigenvalue weighted by molar-refractivity contribution is -0.112. The molecule has 1 aliphatic heterocycles. The molecule has 1 aliphatic carbocycles. The minimum atomic E-state index is -0.145. The van der Waals surface area contributed by atoms with E-state index in [0.717, 1.165) is 40.8 Å². The molecule has 1 N–H and O–H groups in total. The molecule has 3 rings (SSSR count). The minimum absolute atomic E-state index is 0.145. The van der Waals surface area contributed by atoms with Gasteiger partial charge in [-0.2, -0.15) is 0 Å². The van der Waals surface area contributed by atoms with Gasteiger partial charge in [0.2, 0.25) is 5.88 Å². The van der Waals surface area contributed by atoms with Crippen molar-refractivity contribution in [2.24, 2.45) is 0 Å². The Morgan fingerprint density at radius 3 is 2.93 bits per heavy atom. The first kappa shape index (κ1) is 19.7. The third-order valence-electron chi connectivity index (χ3n) is 4.47. The van der Waals surface area contributed by atoms with Crippen molar-refractivity contribution in [1.82, 2.24) is 4.98 Å². The fraction of sp³-hybridized carbons (Fsp3) is 0.333. The average molecular weight is 477 g/mol. The van der Waals surface area contributed by atoms with Crippen molar-refractivity contribution in [2.45, 2.75) is 19.3 Å². The van der Waals surface area contributed by atoms with E-state index in [1.807, 2.05) is 42.5 Å². The van der Waals surface area contributed by atoms with Crippen LogP contribution in [-0.4, -0.2) is 35.5 Å². The summed E-state index contributed by atoms with van der Waals surface area (Å²) in [5.74, 6) is 0.538. The Labute approximate surface area is 174 Å². The summed E-state index contributed by atoms with van der Waals surface area (Å²) in [5, 5.41) is 3.05. The van der Waals surface area contributed by atoms with E-state index in [0.29, 0.717) is 18.1 Å². The summed E-state index contributed by atoms with van der Waals surface area (Å²) >= 11 is 2.40. The molecule has 0 bridgehead atoms. The highest BCUT2D eigenvalue weighted by molar-refractivity contribution is 14.1. The van der Waals surface area contributed by atoms with Crippen LogP contribution in [0.1, 0.15) is 18.4 Å². The Kier molecular flexibility index (Phi) is 7.09. The lowest BCUT2D eigenvalue weighted by atomic mass is 10.1.